The van der Waals surface area contributed by atoms with Crippen molar-refractivity contribution in [3.05, 3.63) is 41.9 Å². The number of carbonyl (C=O) groups is 1. The normalized spacial score (nSPS) is 14.5. The molecular weight excluding hydrogens is 370 g/mol. The molecule has 1 aromatic heterocycles. The van der Waals surface area contributed by atoms with Crippen LogP contribution in [0.2, 0.25) is 0 Å². The summed E-state index contributed by atoms with van der Waals surface area (Å²) in [4.78, 5) is 25.4. The highest BCUT2D eigenvalue weighted by atomic mass is 16.5. The lowest BCUT2D eigenvalue weighted by atomic mass is 10.1. The number of rotatable bonds is 8. The molecule has 1 aromatic carbocycles. The third-order valence-corrected chi connectivity index (χ3v) is 5.15. The van der Waals surface area contributed by atoms with Crippen molar-refractivity contribution in [1.82, 2.24) is 19.8 Å². The van der Waals surface area contributed by atoms with Crippen LogP contribution in [0, 0.1) is 0 Å². The van der Waals surface area contributed by atoms with Crippen LogP contribution in [0.15, 0.2) is 30.6 Å². The van der Waals surface area contributed by atoms with Gasteiger partial charge in [0.1, 0.15) is 11.5 Å². The SMILES string of the molecule is CCN1CCN(C(=O)c2cnc(NCCc3ccc(OC)c(OC)c3)cn2)CC1. The first-order chi connectivity index (χ1) is 14.1. The number of nitrogens with one attached hydrogen (secondary N) is 1. The van der Waals surface area contributed by atoms with Crippen LogP contribution in [-0.2, 0) is 6.42 Å². The summed E-state index contributed by atoms with van der Waals surface area (Å²) >= 11 is 0. The minimum absolute atomic E-state index is 0.0508. The Kier molecular flexibility index (Phi) is 7.24. The predicted octanol–water partition coefficient (Wildman–Crippen LogP) is 1.93. The minimum Gasteiger partial charge on any atom is -0.493 e. The van der Waals surface area contributed by atoms with Gasteiger partial charge in [-0.1, -0.05) is 13.0 Å². The van der Waals surface area contributed by atoms with Gasteiger partial charge in [0.15, 0.2) is 11.5 Å². The molecule has 0 saturated carbocycles. The Bertz CT molecular complexity index is 804. The van der Waals surface area contributed by atoms with Crippen molar-refractivity contribution in [3.8, 4) is 11.5 Å². The first-order valence-electron chi connectivity index (χ1n) is 9.93. The molecule has 156 valence electrons. The Balaban J connectivity index is 1.50. The van der Waals surface area contributed by atoms with Crippen LogP contribution in [-0.4, -0.2) is 79.2 Å². The first-order valence-corrected chi connectivity index (χ1v) is 9.93. The predicted molar refractivity (Wildman–Crippen MR) is 112 cm³/mol. The highest BCUT2D eigenvalue weighted by Crippen LogP contribution is 2.27. The molecule has 0 aliphatic carbocycles. The number of hydrogen-bond donors (Lipinski definition) is 1. The molecule has 29 heavy (non-hydrogen) atoms. The summed E-state index contributed by atoms with van der Waals surface area (Å²) in [5.74, 6) is 2.03. The fourth-order valence-electron chi connectivity index (χ4n) is 3.33. The monoisotopic (exact) mass is 399 g/mol. The van der Waals surface area contributed by atoms with Crippen molar-refractivity contribution in [2.45, 2.75) is 13.3 Å². The summed E-state index contributed by atoms with van der Waals surface area (Å²) in [5, 5.41) is 3.24. The lowest BCUT2D eigenvalue weighted by Crippen LogP contribution is -2.48. The van der Waals surface area contributed by atoms with E-state index in [9.17, 15) is 4.79 Å². The Morgan fingerprint density at radius 3 is 2.45 bits per heavy atom. The maximum atomic E-state index is 12.6. The van der Waals surface area contributed by atoms with Crippen LogP contribution in [0.5, 0.6) is 11.5 Å². The average molecular weight is 399 g/mol. The van der Waals surface area contributed by atoms with Gasteiger partial charge in [0, 0.05) is 32.7 Å². The first kappa shape index (κ1) is 20.9. The molecule has 0 unspecified atom stereocenters. The van der Waals surface area contributed by atoms with Crippen LogP contribution in [0.25, 0.3) is 0 Å². The molecule has 1 saturated heterocycles. The zero-order chi connectivity index (χ0) is 20.6. The van der Waals surface area contributed by atoms with Gasteiger partial charge in [-0.2, -0.15) is 0 Å². The molecule has 8 nitrogen and oxygen atoms in total. The smallest absolute Gasteiger partial charge is 0.274 e. The molecule has 1 N–H and O–H groups in total. The van der Waals surface area contributed by atoms with Gasteiger partial charge in [0.2, 0.25) is 0 Å². The number of hydrogen-bond acceptors (Lipinski definition) is 7. The van der Waals surface area contributed by atoms with Crippen LogP contribution < -0.4 is 14.8 Å². The Labute approximate surface area is 171 Å². The lowest BCUT2D eigenvalue weighted by Gasteiger charge is -2.33. The molecule has 2 aromatic rings. The number of anilines is 1. The maximum Gasteiger partial charge on any atom is 0.274 e. The second kappa shape index (κ2) is 10.1. The number of carbonyl (C=O) groups excluding carboxylic acids is 1. The fraction of sp³-hybridized carbons (Fsp3) is 0.476. The van der Waals surface area contributed by atoms with E-state index in [1.165, 1.54) is 0 Å². The largest absolute Gasteiger partial charge is 0.493 e. The molecule has 0 radical (unpaired) electrons. The number of piperazine rings is 1. The van der Waals surface area contributed by atoms with Crippen LogP contribution >= 0.6 is 0 Å². The number of aromatic nitrogens is 2. The molecule has 2 heterocycles. The summed E-state index contributed by atoms with van der Waals surface area (Å²) in [6.45, 7) is 7.14. The van der Waals surface area contributed by atoms with Crippen molar-refractivity contribution < 1.29 is 14.3 Å². The van der Waals surface area contributed by atoms with Gasteiger partial charge in [-0.25, -0.2) is 9.97 Å². The standard InChI is InChI=1S/C21H29N5O3/c1-4-25-9-11-26(12-10-25)21(27)17-14-24-20(15-23-17)22-8-7-16-5-6-18(28-2)19(13-16)29-3/h5-6,13-15H,4,7-12H2,1-3H3,(H,22,24). The lowest BCUT2D eigenvalue weighted by molar-refractivity contribution is 0.0637. The molecule has 0 bridgehead atoms. The third kappa shape index (κ3) is 5.35. The van der Waals surface area contributed by atoms with Gasteiger partial charge in [-0.05, 0) is 30.7 Å². The molecular formula is C21H29N5O3. The van der Waals surface area contributed by atoms with Gasteiger partial charge in [0.25, 0.3) is 5.91 Å². The zero-order valence-corrected chi connectivity index (χ0v) is 17.4. The van der Waals surface area contributed by atoms with Crippen molar-refractivity contribution >= 4 is 11.7 Å². The average Bonchev–Trinajstić information content (AvgIpc) is 2.79. The van der Waals surface area contributed by atoms with E-state index < -0.39 is 0 Å². The van der Waals surface area contributed by atoms with E-state index in [1.54, 1.807) is 26.6 Å². The van der Waals surface area contributed by atoms with Crippen LogP contribution in [0.1, 0.15) is 23.0 Å². The highest BCUT2D eigenvalue weighted by molar-refractivity contribution is 5.92. The molecule has 1 aliphatic rings. The number of benzene rings is 1. The van der Waals surface area contributed by atoms with Gasteiger partial charge < -0.3 is 24.6 Å². The summed E-state index contributed by atoms with van der Waals surface area (Å²) in [7, 11) is 3.25. The molecule has 0 atom stereocenters. The van der Waals surface area contributed by atoms with Crippen molar-refractivity contribution in [2.24, 2.45) is 0 Å². The molecule has 1 amide bonds. The second-order valence-corrected chi connectivity index (χ2v) is 6.88. The molecule has 3 rings (SSSR count). The number of methoxy groups -OCH3 is 2. The highest BCUT2D eigenvalue weighted by Gasteiger charge is 2.22. The third-order valence-electron chi connectivity index (χ3n) is 5.15. The van der Waals surface area contributed by atoms with Crippen LogP contribution in [0.4, 0.5) is 5.82 Å². The topological polar surface area (TPSA) is 79.8 Å². The van der Waals surface area contributed by atoms with Crippen molar-refractivity contribution in [3.63, 3.8) is 0 Å². The second-order valence-electron chi connectivity index (χ2n) is 6.88. The zero-order valence-electron chi connectivity index (χ0n) is 17.4. The van der Waals surface area contributed by atoms with E-state index in [-0.39, 0.29) is 5.91 Å². The molecule has 0 spiro atoms. The van der Waals surface area contributed by atoms with E-state index in [0.717, 1.165) is 44.7 Å². The van der Waals surface area contributed by atoms with E-state index >= 15 is 0 Å². The Hall–Kier alpha value is -2.87. The Morgan fingerprint density at radius 2 is 1.83 bits per heavy atom. The summed E-state index contributed by atoms with van der Waals surface area (Å²) in [5.41, 5.74) is 1.52. The van der Waals surface area contributed by atoms with Gasteiger partial charge >= 0.3 is 0 Å². The number of nitrogens with zero attached hydrogens (tertiary/aromatic N) is 4. The number of likely N-dealkylation sites (N-methyl/N-ethyl adjacent to an activating group) is 1. The molecule has 1 fully saturated rings. The number of amides is 1. The van der Waals surface area contributed by atoms with Crippen molar-refractivity contribution in [2.75, 3.05) is 58.8 Å². The van der Waals surface area contributed by atoms with Gasteiger partial charge in [0.05, 0.1) is 26.6 Å². The fourth-order valence-corrected chi connectivity index (χ4v) is 3.33. The maximum absolute atomic E-state index is 12.6. The summed E-state index contributed by atoms with van der Waals surface area (Å²) in [6, 6.07) is 5.87. The number of ether oxygens (including phenoxy) is 2. The Morgan fingerprint density at radius 1 is 1.07 bits per heavy atom. The minimum atomic E-state index is -0.0508. The quantitative estimate of drug-likeness (QED) is 0.726. The van der Waals surface area contributed by atoms with Gasteiger partial charge in [-0.3, -0.25) is 4.79 Å². The molecule has 1 aliphatic heterocycles. The molecule has 8 heteroatoms. The van der Waals surface area contributed by atoms with E-state index in [1.807, 2.05) is 23.1 Å². The van der Waals surface area contributed by atoms with Crippen molar-refractivity contribution in [1.29, 1.82) is 0 Å². The van der Waals surface area contributed by atoms with Gasteiger partial charge in [-0.15, -0.1) is 0 Å². The van der Waals surface area contributed by atoms with E-state index in [2.05, 4.69) is 27.1 Å². The summed E-state index contributed by atoms with van der Waals surface area (Å²) in [6.07, 6.45) is 3.96. The van der Waals surface area contributed by atoms with E-state index in [4.69, 9.17) is 9.47 Å². The summed E-state index contributed by atoms with van der Waals surface area (Å²) < 4.78 is 10.6. The van der Waals surface area contributed by atoms with Crippen LogP contribution in [0.3, 0.4) is 0 Å². The van der Waals surface area contributed by atoms with E-state index in [0.29, 0.717) is 29.6 Å².